The molecular formula is H6O5P2V2. The van der Waals surface area contributed by atoms with E-state index in [-0.39, 0.29) is 84.3 Å². The second-order valence-electron chi connectivity index (χ2n) is 0. The SMILES string of the molecule is P.P.[O-2].[O-2].[O-2].[O-2].[O-2].[V+5].[V+5]. The van der Waals surface area contributed by atoms with Crippen LogP contribution in [0.1, 0.15) is 0 Å². The van der Waals surface area contributed by atoms with Crippen molar-refractivity contribution >= 4 is 19.8 Å². The van der Waals surface area contributed by atoms with Crippen LogP contribution in [0, 0.1) is 0 Å². The van der Waals surface area contributed by atoms with E-state index in [0.29, 0.717) is 0 Å². The first-order valence-corrected chi connectivity index (χ1v) is 0. The van der Waals surface area contributed by atoms with Gasteiger partial charge in [0.2, 0.25) is 0 Å². The smallest absolute Gasteiger partial charge is 2.00 e. The minimum Gasteiger partial charge on any atom is -2.00 e. The van der Waals surface area contributed by atoms with Gasteiger partial charge in [0, 0.05) is 0 Å². The molecule has 56 valence electrons. The summed E-state index contributed by atoms with van der Waals surface area (Å²) in [4.78, 5) is 0. The van der Waals surface area contributed by atoms with Crippen LogP contribution in [0.5, 0.6) is 0 Å². The van der Waals surface area contributed by atoms with Crippen molar-refractivity contribution in [2.24, 2.45) is 0 Å². The molecule has 0 spiro atoms. The van der Waals surface area contributed by atoms with Crippen molar-refractivity contribution in [3.8, 4) is 0 Å². The standard InChI is InChI=1S/5O.2H3P.2V/h;;;;;2*1H3;;/q5*-2;;;2*+5. The van der Waals surface area contributed by atoms with E-state index in [2.05, 4.69) is 0 Å². The average molecular weight is 250 g/mol. The fraction of sp³-hybridized carbons (Fsp3) is 0. The molecule has 0 saturated heterocycles. The van der Waals surface area contributed by atoms with Gasteiger partial charge in [-0.15, -0.1) is 0 Å². The van der Waals surface area contributed by atoms with E-state index in [0.717, 1.165) is 0 Å². The van der Waals surface area contributed by atoms with Crippen LogP contribution in [0.2, 0.25) is 0 Å². The molecule has 0 bridgehead atoms. The molecule has 0 N–H and O–H groups in total. The van der Waals surface area contributed by atoms with Gasteiger partial charge in [0.15, 0.2) is 0 Å². The zero-order valence-electron chi connectivity index (χ0n) is 4.35. The first-order chi connectivity index (χ1) is 0. The Labute approximate surface area is 84.3 Å². The molecule has 0 aromatic rings. The Bertz CT molecular complexity index is 12.9. The Morgan fingerprint density at radius 1 is 0.333 bits per heavy atom. The Hall–Kier alpha value is 1.83. The Morgan fingerprint density at radius 3 is 0.333 bits per heavy atom. The first-order valence-electron chi connectivity index (χ1n) is 0. The molecule has 0 heterocycles. The summed E-state index contributed by atoms with van der Waals surface area (Å²) in [6, 6.07) is 0. The van der Waals surface area contributed by atoms with E-state index in [1.807, 2.05) is 0 Å². The quantitative estimate of drug-likeness (QED) is 0.511. The first kappa shape index (κ1) is 313. The summed E-state index contributed by atoms with van der Waals surface area (Å²) >= 11 is 0. The van der Waals surface area contributed by atoms with Gasteiger partial charge in [-0.2, -0.15) is 19.8 Å². The Kier molecular flexibility index (Phi) is 7960. The fourth-order valence-corrected chi connectivity index (χ4v) is 0. The van der Waals surface area contributed by atoms with Crippen LogP contribution >= 0.6 is 19.8 Å². The van der Waals surface area contributed by atoms with Crippen molar-refractivity contribution < 1.29 is 64.5 Å². The summed E-state index contributed by atoms with van der Waals surface area (Å²) in [6.45, 7) is 0. The number of rotatable bonds is 0. The van der Waals surface area contributed by atoms with Crippen LogP contribution in [0.15, 0.2) is 0 Å². The zero-order chi connectivity index (χ0) is 0. The van der Waals surface area contributed by atoms with E-state index in [1.165, 1.54) is 0 Å². The molecule has 9 heavy (non-hydrogen) atoms. The minimum atomic E-state index is 0. The van der Waals surface area contributed by atoms with Gasteiger partial charge >= 0.3 is 37.1 Å². The van der Waals surface area contributed by atoms with Crippen molar-refractivity contribution in [2.45, 2.75) is 0 Å². The molecular weight excluding hydrogens is 244 g/mol. The van der Waals surface area contributed by atoms with Crippen molar-refractivity contribution in [3.05, 3.63) is 0 Å². The van der Waals surface area contributed by atoms with Gasteiger partial charge in [0.1, 0.15) is 0 Å². The predicted molar refractivity (Wildman–Crippen MR) is 25.6 cm³/mol. The second kappa shape index (κ2) is 229. The van der Waals surface area contributed by atoms with Crippen molar-refractivity contribution in [1.29, 1.82) is 0 Å². The molecule has 2 atom stereocenters. The van der Waals surface area contributed by atoms with Gasteiger partial charge in [-0.25, -0.2) is 0 Å². The molecule has 0 rings (SSSR count). The monoisotopic (exact) mass is 250 g/mol. The molecule has 0 amide bonds. The summed E-state index contributed by atoms with van der Waals surface area (Å²) in [5, 5.41) is 0. The zero-order valence-corrected chi connectivity index (χ0v) is 9.97. The third kappa shape index (κ3) is 180. The van der Waals surface area contributed by atoms with Crippen molar-refractivity contribution in [1.82, 2.24) is 0 Å². The normalized spacial score (nSPS) is 0. The van der Waals surface area contributed by atoms with Gasteiger partial charge in [-0.3, -0.25) is 0 Å². The largest absolute Gasteiger partial charge is 5.00 e. The van der Waals surface area contributed by atoms with Crippen LogP contribution in [0.4, 0.5) is 0 Å². The molecule has 5 nitrogen and oxygen atoms in total. The molecule has 0 aromatic heterocycles. The minimum absolute atomic E-state index is 0. The summed E-state index contributed by atoms with van der Waals surface area (Å²) in [5.74, 6) is 0. The molecule has 0 saturated carbocycles. The van der Waals surface area contributed by atoms with Crippen molar-refractivity contribution in [2.75, 3.05) is 0 Å². The van der Waals surface area contributed by atoms with Crippen molar-refractivity contribution in [3.63, 3.8) is 0 Å². The second-order valence-corrected chi connectivity index (χ2v) is 0. The summed E-state index contributed by atoms with van der Waals surface area (Å²) in [6.07, 6.45) is 0. The molecule has 0 aliphatic rings. The maximum Gasteiger partial charge on any atom is 5.00 e. The van der Waals surface area contributed by atoms with E-state index in [1.54, 1.807) is 0 Å². The van der Waals surface area contributed by atoms with Crippen LogP contribution in [0.3, 0.4) is 0 Å². The molecule has 9 heteroatoms. The maximum atomic E-state index is 0. The predicted octanol–water partition coefficient (Wildman–Crippen LogP) is -0.483. The summed E-state index contributed by atoms with van der Waals surface area (Å²) in [7, 11) is 0. The van der Waals surface area contributed by atoms with Crippen LogP contribution in [-0.4, -0.2) is 0 Å². The molecule has 0 aromatic carbocycles. The molecule has 0 fully saturated rings. The van der Waals surface area contributed by atoms with E-state index in [4.69, 9.17) is 0 Å². The van der Waals surface area contributed by atoms with E-state index < -0.39 is 0 Å². The van der Waals surface area contributed by atoms with E-state index >= 15 is 0 Å². The van der Waals surface area contributed by atoms with Gasteiger partial charge in [0.25, 0.3) is 0 Å². The molecule has 0 aliphatic carbocycles. The number of hydrogen-bond acceptors (Lipinski definition) is 0. The van der Waals surface area contributed by atoms with Gasteiger partial charge in [-0.1, -0.05) is 0 Å². The Morgan fingerprint density at radius 2 is 0.333 bits per heavy atom. The third-order valence-corrected chi connectivity index (χ3v) is 0. The van der Waals surface area contributed by atoms with Crippen LogP contribution in [-0.2, 0) is 64.5 Å². The third-order valence-electron chi connectivity index (χ3n) is 0. The topological polar surface area (TPSA) is 142 Å². The molecule has 0 radical (unpaired) electrons. The average Bonchev–Trinajstić information content (AvgIpc) is 0. The van der Waals surface area contributed by atoms with Gasteiger partial charge in [-0.05, 0) is 0 Å². The number of hydrogen-bond donors (Lipinski definition) is 0. The summed E-state index contributed by atoms with van der Waals surface area (Å²) < 4.78 is 0. The van der Waals surface area contributed by atoms with E-state index in [9.17, 15) is 0 Å². The van der Waals surface area contributed by atoms with Crippen LogP contribution in [0.25, 0.3) is 0 Å². The summed E-state index contributed by atoms with van der Waals surface area (Å²) in [5.41, 5.74) is 0. The molecule has 0 aliphatic heterocycles. The van der Waals surface area contributed by atoms with Gasteiger partial charge < -0.3 is 27.4 Å². The maximum absolute atomic E-state index is 0. The van der Waals surface area contributed by atoms with Gasteiger partial charge in [0.05, 0.1) is 0 Å². The fourth-order valence-electron chi connectivity index (χ4n) is 0. The Balaban J connectivity index is 0. The van der Waals surface area contributed by atoms with Crippen LogP contribution < -0.4 is 0 Å². The molecule has 2 unspecified atom stereocenters.